The van der Waals surface area contributed by atoms with E-state index in [1.165, 1.54) is 0 Å². The third-order valence-corrected chi connectivity index (χ3v) is 5.25. The first-order chi connectivity index (χ1) is 13.4. The molecule has 2 aromatic rings. The highest BCUT2D eigenvalue weighted by Gasteiger charge is 2.29. The van der Waals surface area contributed by atoms with E-state index in [0.717, 1.165) is 49.2 Å². The van der Waals surface area contributed by atoms with Crippen LogP contribution >= 0.6 is 0 Å². The molecule has 4 heterocycles. The number of amides is 1. The molecule has 2 aromatic heterocycles. The zero-order chi connectivity index (χ0) is 19.7. The van der Waals surface area contributed by atoms with Crippen molar-refractivity contribution in [3.63, 3.8) is 0 Å². The fraction of sp³-hybridized carbons (Fsp3) is 0.550. The SMILES string of the molecule is CC(C)(C)c1ncc2c(n1)CN(C(=O)CN1CCN(c3ncccn3)CC1)C2. The lowest BCUT2D eigenvalue weighted by Crippen LogP contribution is -2.50. The Morgan fingerprint density at radius 1 is 1.04 bits per heavy atom. The highest BCUT2D eigenvalue weighted by atomic mass is 16.2. The van der Waals surface area contributed by atoms with Crippen LogP contribution in [0.15, 0.2) is 24.7 Å². The van der Waals surface area contributed by atoms with E-state index in [0.29, 0.717) is 19.6 Å². The molecule has 148 valence electrons. The Balaban J connectivity index is 1.31. The summed E-state index contributed by atoms with van der Waals surface area (Å²) in [5.41, 5.74) is 1.96. The summed E-state index contributed by atoms with van der Waals surface area (Å²) in [5, 5.41) is 0. The van der Waals surface area contributed by atoms with Crippen LogP contribution in [0.5, 0.6) is 0 Å². The smallest absolute Gasteiger partial charge is 0.237 e. The number of rotatable bonds is 3. The lowest BCUT2D eigenvalue weighted by molar-refractivity contribution is -0.133. The van der Waals surface area contributed by atoms with Gasteiger partial charge in [-0.2, -0.15) is 0 Å². The predicted molar refractivity (Wildman–Crippen MR) is 106 cm³/mol. The van der Waals surface area contributed by atoms with Crippen LogP contribution in [0.1, 0.15) is 37.9 Å². The maximum Gasteiger partial charge on any atom is 0.237 e. The van der Waals surface area contributed by atoms with Gasteiger partial charge >= 0.3 is 0 Å². The standard InChI is InChI=1S/C20H27N7O/c1-20(2,3)18-23-11-15-12-27(13-16(15)24-18)17(28)14-25-7-9-26(10-8-25)19-21-5-4-6-22-19/h4-6,11H,7-10,12-14H2,1-3H3. The van der Waals surface area contributed by atoms with Crippen molar-refractivity contribution in [2.45, 2.75) is 39.3 Å². The van der Waals surface area contributed by atoms with Gasteiger partial charge in [-0.25, -0.2) is 19.9 Å². The lowest BCUT2D eigenvalue weighted by Gasteiger charge is -2.34. The van der Waals surface area contributed by atoms with Crippen LogP contribution in [0.4, 0.5) is 5.95 Å². The molecule has 0 atom stereocenters. The number of piperazine rings is 1. The molecule has 4 rings (SSSR count). The van der Waals surface area contributed by atoms with Crippen molar-refractivity contribution in [1.29, 1.82) is 0 Å². The van der Waals surface area contributed by atoms with Crippen LogP contribution in [-0.2, 0) is 23.3 Å². The number of anilines is 1. The average Bonchev–Trinajstić information content (AvgIpc) is 3.12. The number of carbonyl (C=O) groups excluding carboxylic acids is 1. The van der Waals surface area contributed by atoms with Crippen molar-refractivity contribution in [2.24, 2.45) is 0 Å². The topological polar surface area (TPSA) is 78.4 Å². The van der Waals surface area contributed by atoms with Gasteiger partial charge in [0.1, 0.15) is 5.82 Å². The quantitative estimate of drug-likeness (QED) is 0.791. The molecule has 1 fully saturated rings. The van der Waals surface area contributed by atoms with Crippen LogP contribution in [0.2, 0.25) is 0 Å². The van der Waals surface area contributed by atoms with Gasteiger partial charge < -0.3 is 9.80 Å². The molecule has 2 aliphatic heterocycles. The van der Waals surface area contributed by atoms with Gasteiger partial charge in [0.05, 0.1) is 18.8 Å². The molecule has 1 saturated heterocycles. The van der Waals surface area contributed by atoms with Crippen LogP contribution in [-0.4, -0.2) is 68.4 Å². The minimum atomic E-state index is -0.0887. The summed E-state index contributed by atoms with van der Waals surface area (Å²) < 4.78 is 0. The molecule has 2 aliphatic rings. The molecule has 0 spiro atoms. The van der Waals surface area contributed by atoms with Crippen molar-refractivity contribution in [3.05, 3.63) is 41.7 Å². The van der Waals surface area contributed by atoms with Crippen LogP contribution < -0.4 is 4.90 Å². The molecule has 0 bridgehead atoms. The number of hydrogen-bond donors (Lipinski definition) is 0. The summed E-state index contributed by atoms with van der Waals surface area (Å²) >= 11 is 0. The zero-order valence-corrected chi connectivity index (χ0v) is 16.8. The van der Waals surface area contributed by atoms with Crippen molar-refractivity contribution in [1.82, 2.24) is 29.7 Å². The third kappa shape index (κ3) is 3.96. The van der Waals surface area contributed by atoms with E-state index >= 15 is 0 Å². The normalized spacial score (nSPS) is 17.7. The largest absolute Gasteiger partial charge is 0.338 e. The van der Waals surface area contributed by atoms with Crippen molar-refractivity contribution < 1.29 is 4.79 Å². The molecule has 0 aromatic carbocycles. The molecule has 0 unspecified atom stereocenters. The highest BCUT2D eigenvalue weighted by Crippen LogP contribution is 2.24. The van der Waals surface area contributed by atoms with Crippen LogP contribution in [0.25, 0.3) is 0 Å². The Hall–Kier alpha value is -2.61. The fourth-order valence-corrected chi connectivity index (χ4v) is 3.54. The Labute approximate surface area is 165 Å². The van der Waals surface area contributed by atoms with Gasteiger partial charge in [0, 0.05) is 62.3 Å². The Bertz CT molecular complexity index is 841. The first-order valence-corrected chi connectivity index (χ1v) is 9.77. The van der Waals surface area contributed by atoms with E-state index in [-0.39, 0.29) is 11.3 Å². The third-order valence-electron chi connectivity index (χ3n) is 5.25. The summed E-state index contributed by atoms with van der Waals surface area (Å²) in [4.78, 5) is 36.9. The maximum atomic E-state index is 12.8. The minimum Gasteiger partial charge on any atom is -0.338 e. The second-order valence-corrected chi connectivity index (χ2v) is 8.48. The second-order valence-electron chi connectivity index (χ2n) is 8.48. The Morgan fingerprint density at radius 3 is 2.43 bits per heavy atom. The second kappa shape index (κ2) is 7.43. The molecular formula is C20H27N7O. The van der Waals surface area contributed by atoms with Gasteiger partial charge in [-0.1, -0.05) is 20.8 Å². The Morgan fingerprint density at radius 2 is 1.75 bits per heavy atom. The molecule has 28 heavy (non-hydrogen) atoms. The summed E-state index contributed by atoms with van der Waals surface area (Å²) in [6, 6.07) is 1.82. The number of hydrogen-bond acceptors (Lipinski definition) is 7. The van der Waals surface area contributed by atoms with Gasteiger partial charge in [-0.05, 0) is 6.07 Å². The van der Waals surface area contributed by atoms with Crippen molar-refractivity contribution >= 4 is 11.9 Å². The van der Waals surface area contributed by atoms with Crippen LogP contribution in [0.3, 0.4) is 0 Å². The molecule has 0 aliphatic carbocycles. The molecule has 8 nitrogen and oxygen atoms in total. The van der Waals surface area contributed by atoms with E-state index in [1.54, 1.807) is 12.4 Å². The lowest BCUT2D eigenvalue weighted by atomic mass is 9.95. The van der Waals surface area contributed by atoms with E-state index in [9.17, 15) is 4.79 Å². The molecule has 1 amide bonds. The zero-order valence-electron chi connectivity index (χ0n) is 16.8. The summed E-state index contributed by atoms with van der Waals surface area (Å²) in [5.74, 6) is 1.75. The van der Waals surface area contributed by atoms with Crippen molar-refractivity contribution in [3.8, 4) is 0 Å². The first-order valence-electron chi connectivity index (χ1n) is 9.77. The van der Waals surface area contributed by atoms with E-state index in [2.05, 4.69) is 45.5 Å². The van der Waals surface area contributed by atoms with Gasteiger partial charge in [-0.3, -0.25) is 9.69 Å². The van der Waals surface area contributed by atoms with E-state index < -0.39 is 0 Å². The first kappa shape index (κ1) is 18.7. The van der Waals surface area contributed by atoms with E-state index in [1.807, 2.05) is 17.2 Å². The predicted octanol–water partition coefficient (Wildman–Crippen LogP) is 1.23. The monoisotopic (exact) mass is 381 g/mol. The number of fused-ring (bicyclic) bond motifs is 1. The maximum absolute atomic E-state index is 12.8. The highest BCUT2D eigenvalue weighted by molar-refractivity contribution is 5.78. The molecule has 0 radical (unpaired) electrons. The van der Waals surface area contributed by atoms with Gasteiger partial charge in [0.25, 0.3) is 0 Å². The number of aromatic nitrogens is 4. The Kier molecular flexibility index (Phi) is 4.97. The van der Waals surface area contributed by atoms with Gasteiger partial charge in [-0.15, -0.1) is 0 Å². The van der Waals surface area contributed by atoms with Crippen molar-refractivity contribution in [2.75, 3.05) is 37.6 Å². The molecule has 8 heteroatoms. The average molecular weight is 381 g/mol. The number of nitrogens with zero attached hydrogens (tertiary/aromatic N) is 7. The van der Waals surface area contributed by atoms with E-state index in [4.69, 9.17) is 4.98 Å². The van der Waals surface area contributed by atoms with Gasteiger partial charge in [0.2, 0.25) is 11.9 Å². The molecular weight excluding hydrogens is 354 g/mol. The summed E-state index contributed by atoms with van der Waals surface area (Å²) in [6.45, 7) is 11.3. The van der Waals surface area contributed by atoms with Crippen LogP contribution in [0, 0.1) is 0 Å². The van der Waals surface area contributed by atoms with Gasteiger partial charge in [0.15, 0.2) is 0 Å². The summed E-state index contributed by atoms with van der Waals surface area (Å²) in [6.07, 6.45) is 5.41. The summed E-state index contributed by atoms with van der Waals surface area (Å²) in [7, 11) is 0. The molecule has 0 saturated carbocycles. The minimum absolute atomic E-state index is 0.0887. The number of carbonyl (C=O) groups is 1. The fourth-order valence-electron chi connectivity index (χ4n) is 3.54. The molecule has 0 N–H and O–H groups in total.